The van der Waals surface area contributed by atoms with Gasteiger partial charge < -0.3 is 10.2 Å². The third-order valence-corrected chi connectivity index (χ3v) is 5.16. The lowest BCUT2D eigenvalue weighted by Gasteiger charge is -2.27. The highest BCUT2D eigenvalue weighted by molar-refractivity contribution is 6.04. The van der Waals surface area contributed by atoms with Gasteiger partial charge in [0.2, 0.25) is 11.8 Å². The van der Waals surface area contributed by atoms with E-state index in [1.165, 1.54) is 12.1 Å². The summed E-state index contributed by atoms with van der Waals surface area (Å²) in [6.45, 7) is 12.5. The van der Waals surface area contributed by atoms with Crippen LogP contribution < -0.4 is 5.32 Å². The molecule has 0 unspecified atom stereocenters. The minimum absolute atomic E-state index is 0.0791. The van der Waals surface area contributed by atoms with Gasteiger partial charge in [-0.05, 0) is 54.5 Å². The number of nitrogens with one attached hydrogen (secondary N) is 1. The Hall–Kier alpha value is -2.69. The molecule has 0 fully saturated rings. The average molecular weight is 413 g/mol. The molecule has 0 atom stereocenters. The van der Waals surface area contributed by atoms with E-state index < -0.39 is 0 Å². The number of rotatable bonds is 8. The first kappa shape index (κ1) is 23.6. The van der Waals surface area contributed by atoms with Gasteiger partial charge in [-0.2, -0.15) is 0 Å². The molecule has 0 spiro atoms. The number of halogens is 1. The van der Waals surface area contributed by atoms with Crippen LogP contribution in [0.25, 0.3) is 0 Å². The van der Waals surface area contributed by atoms with Crippen LogP contribution in [0.5, 0.6) is 0 Å². The summed E-state index contributed by atoms with van der Waals surface area (Å²) in [6.07, 6.45) is -0.233. The second kappa shape index (κ2) is 10.4. The Balaban J connectivity index is 2.16. The Morgan fingerprint density at radius 3 is 1.90 bits per heavy atom. The lowest BCUT2D eigenvalue weighted by atomic mass is 9.92. The smallest absolute Gasteiger partial charge is 0.233 e. The Kier molecular flexibility index (Phi) is 8.16. The molecule has 30 heavy (non-hydrogen) atoms. The molecule has 2 rings (SSSR count). The Morgan fingerprint density at radius 1 is 0.900 bits per heavy atom. The second-order valence-corrected chi connectivity index (χ2v) is 8.59. The monoisotopic (exact) mass is 412 g/mol. The molecule has 0 aliphatic carbocycles. The zero-order chi connectivity index (χ0) is 22.4. The molecule has 162 valence electrons. The third-order valence-electron chi connectivity index (χ3n) is 5.16. The predicted octanol–water partition coefficient (Wildman–Crippen LogP) is 5.84. The van der Waals surface area contributed by atoms with E-state index in [1.54, 1.807) is 17.0 Å². The molecule has 0 aliphatic heterocycles. The van der Waals surface area contributed by atoms with Crippen LogP contribution in [0.2, 0.25) is 0 Å². The molecule has 0 aromatic heterocycles. The standard InChI is InChI=1S/C25H33FN2O2/c1-16(2)21-8-7-9-22(17(3)4)25(21)27-23(29)14-24(30)28(18(5)6)15-19-10-12-20(26)13-11-19/h7-13,16-18H,14-15H2,1-6H3,(H,27,29). The fraction of sp³-hybridized carbons (Fsp3) is 0.440. The fourth-order valence-corrected chi connectivity index (χ4v) is 3.46. The summed E-state index contributed by atoms with van der Waals surface area (Å²) >= 11 is 0. The van der Waals surface area contributed by atoms with Crippen LogP contribution in [0.4, 0.5) is 10.1 Å². The van der Waals surface area contributed by atoms with Crippen LogP contribution in [0.3, 0.4) is 0 Å². The first-order valence-corrected chi connectivity index (χ1v) is 10.6. The lowest BCUT2D eigenvalue weighted by Crippen LogP contribution is -2.38. The molecule has 0 saturated carbocycles. The molecule has 1 N–H and O–H groups in total. The molecule has 0 saturated heterocycles. The maximum Gasteiger partial charge on any atom is 0.233 e. The van der Waals surface area contributed by atoms with Crippen molar-refractivity contribution in [2.24, 2.45) is 0 Å². The van der Waals surface area contributed by atoms with Gasteiger partial charge in [-0.15, -0.1) is 0 Å². The van der Waals surface area contributed by atoms with Crippen molar-refractivity contribution in [2.75, 3.05) is 5.32 Å². The van der Waals surface area contributed by atoms with E-state index in [0.717, 1.165) is 22.4 Å². The van der Waals surface area contributed by atoms with Gasteiger partial charge in [0.15, 0.2) is 0 Å². The summed E-state index contributed by atoms with van der Waals surface area (Å²) in [5.74, 6) is -0.384. The second-order valence-electron chi connectivity index (χ2n) is 8.59. The van der Waals surface area contributed by atoms with Gasteiger partial charge in [-0.3, -0.25) is 9.59 Å². The van der Waals surface area contributed by atoms with Crippen LogP contribution in [0.1, 0.15) is 76.5 Å². The highest BCUT2D eigenvalue weighted by atomic mass is 19.1. The van der Waals surface area contributed by atoms with E-state index in [2.05, 4.69) is 33.0 Å². The SMILES string of the molecule is CC(C)c1cccc(C(C)C)c1NC(=O)CC(=O)N(Cc1ccc(F)cc1)C(C)C. The van der Waals surface area contributed by atoms with Crippen LogP contribution in [0.15, 0.2) is 42.5 Å². The van der Waals surface area contributed by atoms with E-state index in [9.17, 15) is 14.0 Å². The third kappa shape index (κ3) is 6.15. The maximum atomic E-state index is 13.2. The molecule has 0 aliphatic rings. The number of nitrogens with zero attached hydrogens (tertiary/aromatic N) is 1. The highest BCUT2D eigenvalue weighted by Gasteiger charge is 2.22. The number of amides is 2. The van der Waals surface area contributed by atoms with Crippen LogP contribution >= 0.6 is 0 Å². The van der Waals surface area contributed by atoms with E-state index in [1.807, 2.05) is 32.0 Å². The van der Waals surface area contributed by atoms with Crippen molar-refractivity contribution in [3.8, 4) is 0 Å². The number of para-hydroxylation sites is 1. The van der Waals surface area contributed by atoms with Gasteiger partial charge in [-0.1, -0.05) is 58.0 Å². The summed E-state index contributed by atoms with van der Waals surface area (Å²) in [5.41, 5.74) is 3.77. The van der Waals surface area contributed by atoms with Gasteiger partial charge >= 0.3 is 0 Å². The molecular weight excluding hydrogens is 379 g/mol. The van der Waals surface area contributed by atoms with Gasteiger partial charge in [0.1, 0.15) is 12.2 Å². The van der Waals surface area contributed by atoms with Crippen molar-refractivity contribution in [2.45, 2.75) is 72.4 Å². The maximum absolute atomic E-state index is 13.2. The van der Waals surface area contributed by atoms with Crippen LogP contribution in [-0.4, -0.2) is 22.8 Å². The van der Waals surface area contributed by atoms with Gasteiger partial charge in [-0.25, -0.2) is 4.39 Å². The number of hydrogen-bond acceptors (Lipinski definition) is 2. The van der Waals surface area contributed by atoms with E-state index in [-0.39, 0.29) is 41.9 Å². The quantitative estimate of drug-likeness (QED) is 0.554. The normalized spacial score (nSPS) is 11.3. The zero-order valence-electron chi connectivity index (χ0n) is 18.8. The van der Waals surface area contributed by atoms with Crippen LogP contribution in [-0.2, 0) is 16.1 Å². The molecule has 0 radical (unpaired) electrons. The largest absolute Gasteiger partial charge is 0.336 e. The Labute approximate surface area is 179 Å². The molecular formula is C25H33FN2O2. The zero-order valence-corrected chi connectivity index (χ0v) is 18.8. The summed E-state index contributed by atoms with van der Waals surface area (Å²) in [6, 6.07) is 12.0. The topological polar surface area (TPSA) is 49.4 Å². The fourth-order valence-electron chi connectivity index (χ4n) is 3.46. The van der Waals surface area contributed by atoms with Crippen molar-refractivity contribution in [3.05, 3.63) is 65.0 Å². The Morgan fingerprint density at radius 2 is 1.43 bits per heavy atom. The number of benzene rings is 2. The van der Waals surface area contributed by atoms with Gasteiger partial charge in [0.05, 0.1) is 0 Å². The molecule has 2 aromatic rings. The minimum Gasteiger partial charge on any atom is -0.336 e. The number of hydrogen-bond donors (Lipinski definition) is 1. The van der Waals surface area contributed by atoms with E-state index >= 15 is 0 Å². The van der Waals surface area contributed by atoms with Crippen molar-refractivity contribution in [3.63, 3.8) is 0 Å². The molecule has 0 heterocycles. The Bertz CT molecular complexity index is 847. The minimum atomic E-state index is -0.320. The average Bonchev–Trinajstić information content (AvgIpc) is 2.66. The van der Waals surface area contributed by atoms with E-state index in [0.29, 0.717) is 6.54 Å². The van der Waals surface area contributed by atoms with E-state index in [4.69, 9.17) is 0 Å². The first-order chi connectivity index (χ1) is 14.1. The number of carbonyl (C=O) groups is 2. The summed E-state index contributed by atoms with van der Waals surface area (Å²) < 4.78 is 13.2. The van der Waals surface area contributed by atoms with Crippen molar-refractivity contribution >= 4 is 17.5 Å². The van der Waals surface area contributed by atoms with Gasteiger partial charge in [0.25, 0.3) is 0 Å². The van der Waals surface area contributed by atoms with Crippen molar-refractivity contribution in [1.82, 2.24) is 4.90 Å². The summed E-state index contributed by atoms with van der Waals surface area (Å²) in [4.78, 5) is 27.3. The molecule has 5 heteroatoms. The first-order valence-electron chi connectivity index (χ1n) is 10.6. The predicted molar refractivity (Wildman–Crippen MR) is 120 cm³/mol. The molecule has 4 nitrogen and oxygen atoms in total. The molecule has 2 amide bonds. The van der Waals surface area contributed by atoms with Crippen molar-refractivity contribution in [1.29, 1.82) is 0 Å². The summed E-state index contributed by atoms with van der Waals surface area (Å²) in [5, 5.41) is 3.00. The molecule has 0 bridgehead atoms. The van der Waals surface area contributed by atoms with Crippen molar-refractivity contribution < 1.29 is 14.0 Å². The lowest BCUT2D eigenvalue weighted by molar-refractivity contribution is -0.136. The number of anilines is 1. The highest BCUT2D eigenvalue weighted by Crippen LogP contribution is 2.32. The van der Waals surface area contributed by atoms with Crippen LogP contribution in [0, 0.1) is 5.82 Å². The molecule has 2 aromatic carbocycles. The number of carbonyl (C=O) groups excluding carboxylic acids is 2. The van der Waals surface area contributed by atoms with Gasteiger partial charge in [0, 0.05) is 18.3 Å². The summed E-state index contributed by atoms with van der Waals surface area (Å²) in [7, 11) is 0.